The Kier molecular flexibility index (Phi) is 7.91. The summed E-state index contributed by atoms with van der Waals surface area (Å²) in [5.74, 6) is 1.89. The zero-order valence-corrected chi connectivity index (χ0v) is 15.1. The third-order valence-corrected chi connectivity index (χ3v) is 3.32. The zero-order valence-electron chi connectivity index (χ0n) is 13.4. The third-order valence-electron chi connectivity index (χ3n) is 3.32. The van der Waals surface area contributed by atoms with Gasteiger partial charge in [-0.3, -0.25) is 0 Å². The monoisotopic (exact) mass is 365 g/mol. The van der Waals surface area contributed by atoms with Gasteiger partial charge in [-0.25, -0.2) is 4.98 Å². The lowest BCUT2D eigenvalue weighted by molar-refractivity contribution is 0.411. The molecule has 0 aliphatic carbocycles. The van der Waals surface area contributed by atoms with Crippen molar-refractivity contribution in [2.45, 2.75) is 6.54 Å². The van der Waals surface area contributed by atoms with Crippen molar-refractivity contribution in [2.24, 2.45) is 0 Å². The Morgan fingerprint density at radius 1 is 1.00 bits per heavy atom. The molecule has 0 saturated carbocycles. The van der Waals surface area contributed by atoms with E-state index in [1.54, 1.807) is 7.11 Å². The molecule has 22 heavy (non-hydrogen) atoms. The molecule has 1 aromatic heterocycles. The smallest absolute Gasteiger partial charge is 0.128 e. The van der Waals surface area contributed by atoms with Crippen LogP contribution in [-0.4, -0.2) is 44.2 Å². The predicted molar refractivity (Wildman–Crippen MR) is 97.2 cm³/mol. The number of hydrogen-bond donors (Lipinski definition) is 0. The van der Waals surface area contributed by atoms with Crippen LogP contribution in [0.5, 0.6) is 5.75 Å². The van der Waals surface area contributed by atoms with Gasteiger partial charge in [0, 0.05) is 25.8 Å². The van der Waals surface area contributed by atoms with Crippen LogP contribution in [-0.2, 0) is 6.54 Å². The maximum atomic E-state index is 5.21. The van der Waals surface area contributed by atoms with Crippen molar-refractivity contribution in [3.05, 3.63) is 54.2 Å². The SMILES string of the molecule is Br.COc1ccc(CN(CCN(C)C)c2ccccn2)cc1. The molecule has 0 atom stereocenters. The minimum Gasteiger partial charge on any atom is -0.497 e. The van der Waals surface area contributed by atoms with Gasteiger partial charge in [0.25, 0.3) is 0 Å². The lowest BCUT2D eigenvalue weighted by Gasteiger charge is -2.25. The maximum Gasteiger partial charge on any atom is 0.128 e. The van der Waals surface area contributed by atoms with Gasteiger partial charge in [-0.15, -0.1) is 17.0 Å². The minimum absolute atomic E-state index is 0. The Bertz CT molecular complexity index is 531. The summed E-state index contributed by atoms with van der Waals surface area (Å²) in [6.07, 6.45) is 1.84. The number of nitrogens with zero attached hydrogens (tertiary/aromatic N) is 3. The van der Waals surface area contributed by atoms with Gasteiger partial charge in [-0.2, -0.15) is 0 Å². The highest BCUT2D eigenvalue weighted by Crippen LogP contribution is 2.16. The average Bonchev–Trinajstić information content (AvgIpc) is 2.52. The largest absolute Gasteiger partial charge is 0.497 e. The Hall–Kier alpha value is -1.59. The van der Waals surface area contributed by atoms with E-state index in [9.17, 15) is 0 Å². The summed E-state index contributed by atoms with van der Waals surface area (Å²) in [5.41, 5.74) is 1.25. The quantitative estimate of drug-likeness (QED) is 0.752. The van der Waals surface area contributed by atoms with Gasteiger partial charge in [0.2, 0.25) is 0 Å². The van der Waals surface area contributed by atoms with E-state index in [1.165, 1.54) is 5.56 Å². The van der Waals surface area contributed by atoms with Crippen LogP contribution < -0.4 is 9.64 Å². The van der Waals surface area contributed by atoms with E-state index in [2.05, 4.69) is 47.1 Å². The average molecular weight is 366 g/mol. The highest BCUT2D eigenvalue weighted by molar-refractivity contribution is 8.93. The van der Waals surface area contributed by atoms with Crippen molar-refractivity contribution in [1.82, 2.24) is 9.88 Å². The first-order valence-corrected chi connectivity index (χ1v) is 7.12. The fourth-order valence-electron chi connectivity index (χ4n) is 2.09. The summed E-state index contributed by atoms with van der Waals surface area (Å²) < 4.78 is 5.21. The van der Waals surface area contributed by atoms with Crippen molar-refractivity contribution in [2.75, 3.05) is 39.2 Å². The molecular weight excluding hydrogens is 342 g/mol. The van der Waals surface area contributed by atoms with Gasteiger partial charge >= 0.3 is 0 Å². The van der Waals surface area contributed by atoms with Gasteiger partial charge in [-0.1, -0.05) is 18.2 Å². The maximum absolute atomic E-state index is 5.21. The number of rotatable bonds is 7. The van der Waals surface area contributed by atoms with Crippen LogP contribution in [0, 0.1) is 0 Å². The molecule has 0 radical (unpaired) electrons. The van der Waals surface area contributed by atoms with Crippen LogP contribution in [0.25, 0.3) is 0 Å². The van der Waals surface area contributed by atoms with Crippen LogP contribution in [0.3, 0.4) is 0 Å². The van der Waals surface area contributed by atoms with E-state index in [0.29, 0.717) is 0 Å². The van der Waals surface area contributed by atoms with Crippen molar-refractivity contribution in [3.8, 4) is 5.75 Å². The van der Waals surface area contributed by atoms with Gasteiger partial charge < -0.3 is 14.5 Å². The molecule has 0 N–H and O–H groups in total. The molecular formula is C17H24BrN3O. The molecule has 0 amide bonds. The summed E-state index contributed by atoms with van der Waals surface area (Å²) >= 11 is 0. The van der Waals surface area contributed by atoms with E-state index < -0.39 is 0 Å². The van der Waals surface area contributed by atoms with E-state index in [0.717, 1.165) is 31.2 Å². The fourth-order valence-corrected chi connectivity index (χ4v) is 2.09. The summed E-state index contributed by atoms with van der Waals surface area (Å²) in [5, 5.41) is 0. The van der Waals surface area contributed by atoms with Gasteiger partial charge in [-0.05, 0) is 43.9 Å². The van der Waals surface area contributed by atoms with E-state index >= 15 is 0 Å². The molecule has 0 bridgehead atoms. The number of halogens is 1. The highest BCUT2D eigenvalue weighted by atomic mass is 79.9. The number of methoxy groups -OCH3 is 1. The van der Waals surface area contributed by atoms with Crippen molar-refractivity contribution < 1.29 is 4.74 Å². The highest BCUT2D eigenvalue weighted by Gasteiger charge is 2.09. The number of benzene rings is 1. The Labute approximate surface area is 143 Å². The second kappa shape index (κ2) is 9.43. The molecule has 1 heterocycles. The Morgan fingerprint density at radius 3 is 2.27 bits per heavy atom. The van der Waals surface area contributed by atoms with Crippen LogP contribution in [0.1, 0.15) is 5.56 Å². The molecule has 5 heteroatoms. The van der Waals surface area contributed by atoms with Crippen LogP contribution >= 0.6 is 17.0 Å². The third kappa shape index (κ3) is 5.66. The normalized spacial score (nSPS) is 10.2. The molecule has 0 aliphatic rings. The standard InChI is InChI=1S/C17H23N3O.BrH/c1-19(2)12-13-20(17-6-4-5-11-18-17)14-15-7-9-16(21-3)10-8-15;/h4-11H,12-14H2,1-3H3;1H. The molecule has 0 fully saturated rings. The number of likely N-dealkylation sites (N-methyl/N-ethyl adjacent to an activating group) is 1. The van der Waals surface area contributed by atoms with E-state index in [-0.39, 0.29) is 17.0 Å². The Morgan fingerprint density at radius 2 is 1.73 bits per heavy atom. The van der Waals surface area contributed by atoms with Gasteiger partial charge in [0.15, 0.2) is 0 Å². The van der Waals surface area contributed by atoms with Crippen molar-refractivity contribution in [1.29, 1.82) is 0 Å². The molecule has 1 aromatic carbocycles. The number of anilines is 1. The molecule has 120 valence electrons. The second-order valence-corrected chi connectivity index (χ2v) is 5.26. The number of ether oxygens (including phenoxy) is 1. The molecule has 0 unspecified atom stereocenters. The number of aromatic nitrogens is 1. The lowest BCUT2D eigenvalue weighted by Crippen LogP contribution is -2.31. The van der Waals surface area contributed by atoms with Crippen LogP contribution in [0.15, 0.2) is 48.7 Å². The summed E-state index contributed by atoms with van der Waals surface area (Å²) in [7, 11) is 5.86. The van der Waals surface area contributed by atoms with E-state index in [4.69, 9.17) is 4.74 Å². The van der Waals surface area contributed by atoms with Crippen LogP contribution in [0.2, 0.25) is 0 Å². The zero-order chi connectivity index (χ0) is 15.1. The fraction of sp³-hybridized carbons (Fsp3) is 0.353. The first-order chi connectivity index (χ1) is 10.2. The minimum atomic E-state index is 0. The topological polar surface area (TPSA) is 28.6 Å². The number of pyridine rings is 1. The summed E-state index contributed by atoms with van der Waals surface area (Å²) in [4.78, 5) is 8.95. The van der Waals surface area contributed by atoms with Crippen molar-refractivity contribution in [3.63, 3.8) is 0 Å². The number of hydrogen-bond acceptors (Lipinski definition) is 4. The van der Waals surface area contributed by atoms with Gasteiger partial charge in [0.05, 0.1) is 7.11 Å². The summed E-state index contributed by atoms with van der Waals surface area (Å²) in [6, 6.07) is 14.2. The second-order valence-electron chi connectivity index (χ2n) is 5.26. The molecule has 2 aromatic rings. The first-order valence-electron chi connectivity index (χ1n) is 7.12. The van der Waals surface area contributed by atoms with E-state index in [1.807, 2.05) is 30.5 Å². The molecule has 0 saturated heterocycles. The molecule has 0 spiro atoms. The van der Waals surface area contributed by atoms with Crippen LogP contribution in [0.4, 0.5) is 5.82 Å². The van der Waals surface area contributed by atoms with Crippen molar-refractivity contribution >= 4 is 22.8 Å². The summed E-state index contributed by atoms with van der Waals surface area (Å²) in [6.45, 7) is 2.78. The Balaban J connectivity index is 0.00000242. The molecule has 2 rings (SSSR count). The molecule has 0 aliphatic heterocycles. The first kappa shape index (κ1) is 18.5. The molecule has 4 nitrogen and oxygen atoms in total. The predicted octanol–water partition coefficient (Wildman–Crippen LogP) is 3.24. The lowest BCUT2D eigenvalue weighted by atomic mass is 10.2. The van der Waals surface area contributed by atoms with Gasteiger partial charge in [0.1, 0.15) is 11.6 Å².